The molecule has 0 spiro atoms. The molecule has 0 aliphatic rings. The summed E-state index contributed by atoms with van der Waals surface area (Å²) in [6.07, 6.45) is 2.61. The highest BCUT2D eigenvalue weighted by molar-refractivity contribution is 9.12. The number of carboxylic acid groups (broad SMARTS) is 1. The van der Waals surface area contributed by atoms with Gasteiger partial charge in [-0.25, -0.2) is 4.79 Å². The molecule has 2 rings (SSSR count). The molecule has 2 heterocycles. The Morgan fingerprint density at radius 2 is 2.10 bits per heavy atom. The van der Waals surface area contributed by atoms with Gasteiger partial charge in [0.15, 0.2) is 0 Å². The fraction of sp³-hybridized carbons (Fsp3) is 0.0769. The van der Waals surface area contributed by atoms with Crippen molar-refractivity contribution in [3.8, 4) is 0 Å². The van der Waals surface area contributed by atoms with Crippen molar-refractivity contribution in [3.05, 3.63) is 47.2 Å². The molecule has 0 fully saturated rings. The lowest BCUT2D eigenvalue weighted by atomic mass is 10.2. The van der Waals surface area contributed by atoms with Crippen molar-refractivity contribution in [1.82, 2.24) is 5.32 Å². The third-order valence-corrected chi connectivity index (χ3v) is 5.71. The van der Waals surface area contributed by atoms with Gasteiger partial charge in [-0.05, 0) is 61.0 Å². The van der Waals surface area contributed by atoms with Crippen molar-refractivity contribution in [3.63, 3.8) is 0 Å². The average Bonchev–Trinajstić information content (AvgIpc) is 3.00. The molecule has 0 saturated carbocycles. The molecule has 110 valence electrons. The van der Waals surface area contributed by atoms with Crippen molar-refractivity contribution in [2.24, 2.45) is 0 Å². The second-order valence-corrected chi connectivity index (χ2v) is 8.68. The van der Waals surface area contributed by atoms with Crippen LogP contribution in [0.15, 0.2) is 31.2 Å². The van der Waals surface area contributed by atoms with Crippen LogP contribution in [-0.2, 0) is 11.3 Å². The zero-order valence-electron chi connectivity index (χ0n) is 10.4. The number of halogens is 2. The van der Waals surface area contributed by atoms with Crippen LogP contribution in [0.3, 0.4) is 0 Å². The van der Waals surface area contributed by atoms with Crippen LogP contribution < -0.4 is 5.32 Å². The van der Waals surface area contributed by atoms with Gasteiger partial charge in [-0.15, -0.1) is 22.7 Å². The van der Waals surface area contributed by atoms with Crippen LogP contribution in [0.25, 0.3) is 6.08 Å². The molecule has 2 aromatic heterocycles. The van der Waals surface area contributed by atoms with Gasteiger partial charge in [0.2, 0.25) is 0 Å². The Hall–Kier alpha value is -0.960. The molecule has 1 amide bonds. The second kappa shape index (κ2) is 7.35. The van der Waals surface area contributed by atoms with Crippen LogP contribution in [0.5, 0.6) is 0 Å². The van der Waals surface area contributed by atoms with Gasteiger partial charge in [0, 0.05) is 11.0 Å². The van der Waals surface area contributed by atoms with E-state index in [0.717, 1.165) is 24.1 Å². The Kier molecular flexibility index (Phi) is 5.74. The fourth-order valence-electron chi connectivity index (χ4n) is 1.50. The Balaban J connectivity index is 1.95. The smallest absolute Gasteiger partial charge is 0.328 e. The van der Waals surface area contributed by atoms with Crippen molar-refractivity contribution in [1.29, 1.82) is 0 Å². The molecule has 0 saturated heterocycles. The lowest BCUT2D eigenvalue weighted by Gasteiger charge is -2.01. The summed E-state index contributed by atoms with van der Waals surface area (Å²) < 4.78 is 1.67. The van der Waals surface area contributed by atoms with Crippen molar-refractivity contribution in [2.75, 3.05) is 0 Å². The predicted octanol–water partition coefficient (Wildman–Crippen LogP) is 4.36. The molecule has 0 radical (unpaired) electrons. The van der Waals surface area contributed by atoms with Crippen LogP contribution in [0.2, 0.25) is 0 Å². The van der Waals surface area contributed by atoms with E-state index in [0.29, 0.717) is 12.1 Å². The van der Waals surface area contributed by atoms with E-state index >= 15 is 0 Å². The zero-order chi connectivity index (χ0) is 15.4. The van der Waals surface area contributed by atoms with E-state index in [2.05, 4.69) is 37.2 Å². The lowest BCUT2D eigenvalue weighted by Crippen LogP contribution is -2.22. The number of carboxylic acids is 1. The van der Waals surface area contributed by atoms with Crippen LogP contribution in [0.4, 0.5) is 0 Å². The van der Waals surface area contributed by atoms with Gasteiger partial charge < -0.3 is 10.4 Å². The summed E-state index contributed by atoms with van der Waals surface area (Å²) >= 11 is 9.60. The third kappa shape index (κ3) is 4.77. The molecule has 0 bridgehead atoms. The molecule has 2 aromatic rings. The minimum atomic E-state index is -0.982. The number of carbonyl (C=O) groups excluding carboxylic acids is 1. The molecule has 4 nitrogen and oxygen atoms in total. The van der Waals surface area contributed by atoms with Gasteiger partial charge in [-0.1, -0.05) is 0 Å². The molecule has 0 atom stereocenters. The van der Waals surface area contributed by atoms with Crippen LogP contribution in [0.1, 0.15) is 20.8 Å². The number of nitrogens with one attached hydrogen (secondary N) is 1. The number of hydrogen-bond donors (Lipinski definition) is 2. The number of thiophene rings is 2. The molecule has 21 heavy (non-hydrogen) atoms. The highest BCUT2D eigenvalue weighted by atomic mass is 79.9. The topological polar surface area (TPSA) is 66.4 Å². The normalized spacial score (nSPS) is 11.0. The van der Waals surface area contributed by atoms with E-state index in [1.165, 1.54) is 28.7 Å². The van der Waals surface area contributed by atoms with Crippen LogP contribution in [0, 0.1) is 0 Å². The Morgan fingerprint density at radius 3 is 2.71 bits per heavy atom. The first-order valence-electron chi connectivity index (χ1n) is 5.67. The van der Waals surface area contributed by atoms with E-state index in [4.69, 9.17) is 5.11 Å². The quantitative estimate of drug-likeness (QED) is 0.665. The summed E-state index contributed by atoms with van der Waals surface area (Å²) in [5, 5.41) is 13.2. The van der Waals surface area contributed by atoms with Gasteiger partial charge in [0.25, 0.3) is 5.91 Å². The summed E-state index contributed by atoms with van der Waals surface area (Å²) in [5.41, 5.74) is 1.40. The van der Waals surface area contributed by atoms with Gasteiger partial charge >= 0.3 is 5.97 Å². The molecular weight excluding hydrogens is 442 g/mol. The first-order valence-corrected chi connectivity index (χ1v) is 8.95. The maximum absolute atomic E-state index is 12.0. The molecule has 0 aliphatic carbocycles. The van der Waals surface area contributed by atoms with Crippen molar-refractivity contribution >= 4 is 72.5 Å². The Morgan fingerprint density at radius 1 is 1.33 bits per heavy atom. The number of amides is 1. The van der Waals surface area contributed by atoms with E-state index in [1.54, 1.807) is 6.07 Å². The molecule has 8 heteroatoms. The summed E-state index contributed by atoms with van der Waals surface area (Å²) in [5.74, 6) is -1.14. The Labute approximate surface area is 145 Å². The number of carbonyl (C=O) groups is 2. The lowest BCUT2D eigenvalue weighted by molar-refractivity contribution is -0.131. The molecule has 2 N–H and O–H groups in total. The summed E-state index contributed by atoms with van der Waals surface area (Å²) in [6, 6.07) is 3.61. The maximum atomic E-state index is 12.0. The van der Waals surface area contributed by atoms with Gasteiger partial charge in [0.05, 0.1) is 19.7 Å². The van der Waals surface area contributed by atoms with E-state index in [9.17, 15) is 9.59 Å². The summed E-state index contributed by atoms with van der Waals surface area (Å²) in [6.45, 7) is 0.407. The van der Waals surface area contributed by atoms with E-state index in [-0.39, 0.29) is 5.91 Å². The maximum Gasteiger partial charge on any atom is 0.328 e. The predicted molar refractivity (Wildman–Crippen MR) is 91.9 cm³/mol. The monoisotopic (exact) mass is 449 g/mol. The number of rotatable bonds is 5. The summed E-state index contributed by atoms with van der Waals surface area (Å²) in [7, 11) is 0. The first kappa shape index (κ1) is 16.4. The minimum absolute atomic E-state index is 0.153. The van der Waals surface area contributed by atoms with Gasteiger partial charge in [-0.2, -0.15) is 0 Å². The van der Waals surface area contributed by atoms with E-state index < -0.39 is 5.97 Å². The molecule has 0 aliphatic heterocycles. The fourth-order valence-corrected chi connectivity index (χ4v) is 5.09. The first-order chi connectivity index (χ1) is 9.95. The highest BCUT2D eigenvalue weighted by Crippen LogP contribution is 2.31. The standard InChI is InChI=1S/C13H9Br2NO3S2/c14-10-4-9(12(15)21-10)13(19)16-5-8-3-7(6-20-8)1-2-11(17)18/h1-4,6H,5H2,(H,16,19)(H,17,18)/b2-1+. The highest BCUT2D eigenvalue weighted by Gasteiger charge is 2.13. The number of hydrogen-bond acceptors (Lipinski definition) is 4. The Bertz CT molecular complexity index is 706. The van der Waals surface area contributed by atoms with Crippen LogP contribution >= 0.6 is 54.5 Å². The van der Waals surface area contributed by atoms with Crippen molar-refractivity contribution in [2.45, 2.75) is 6.54 Å². The molecule has 0 aromatic carbocycles. The largest absolute Gasteiger partial charge is 0.478 e. The average molecular weight is 451 g/mol. The van der Waals surface area contributed by atoms with Crippen molar-refractivity contribution < 1.29 is 14.7 Å². The summed E-state index contributed by atoms with van der Waals surface area (Å²) in [4.78, 5) is 23.4. The molecule has 0 unspecified atom stereocenters. The third-order valence-electron chi connectivity index (χ3n) is 2.42. The minimum Gasteiger partial charge on any atom is -0.478 e. The van der Waals surface area contributed by atoms with Gasteiger partial charge in [-0.3, -0.25) is 4.79 Å². The van der Waals surface area contributed by atoms with E-state index in [1.807, 2.05) is 11.4 Å². The zero-order valence-corrected chi connectivity index (χ0v) is 15.2. The number of aliphatic carboxylic acids is 1. The van der Waals surface area contributed by atoms with Crippen LogP contribution in [-0.4, -0.2) is 17.0 Å². The second-order valence-electron chi connectivity index (χ2n) is 3.94. The SMILES string of the molecule is O=C(O)/C=C/c1csc(CNC(=O)c2cc(Br)sc2Br)c1. The molecular formula is C13H9Br2NO3S2. The van der Waals surface area contributed by atoms with Gasteiger partial charge in [0.1, 0.15) is 0 Å².